The summed E-state index contributed by atoms with van der Waals surface area (Å²) in [6.45, 7) is 3.01. The van der Waals surface area contributed by atoms with E-state index in [1.54, 1.807) is 0 Å². The first-order valence-electron chi connectivity index (χ1n) is 5.77. The summed E-state index contributed by atoms with van der Waals surface area (Å²) in [6, 6.07) is 0. The van der Waals surface area contributed by atoms with Gasteiger partial charge in [-0.2, -0.15) is 4.90 Å². The van der Waals surface area contributed by atoms with Gasteiger partial charge in [-0.1, -0.05) is 13.3 Å². The maximum absolute atomic E-state index is 11.4. The first-order valence-corrected chi connectivity index (χ1v) is 5.77. The van der Waals surface area contributed by atoms with E-state index in [1.807, 2.05) is 6.92 Å². The second-order valence-corrected chi connectivity index (χ2v) is 3.70. The summed E-state index contributed by atoms with van der Waals surface area (Å²) >= 11 is 0. The first-order chi connectivity index (χ1) is 8.16. The van der Waals surface area contributed by atoms with Crippen molar-refractivity contribution in [3.8, 4) is 0 Å². The lowest BCUT2D eigenvalue weighted by Crippen LogP contribution is -2.36. The molecule has 96 valence electrons. The molecule has 0 aromatic carbocycles. The Morgan fingerprint density at radius 3 is 2.41 bits per heavy atom. The Balaban J connectivity index is 2.17. The Bertz CT molecular complexity index is 286. The highest BCUT2D eigenvalue weighted by atomic mass is 16.6. The molecule has 1 aliphatic rings. The summed E-state index contributed by atoms with van der Waals surface area (Å²) < 4.78 is 9.94. The predicted molar refractivity (Wildman–Crippen MR) is 58.2 cm³/mol. The first kappa shape index (κ1) is 13.6. The van der Waals surface area contributed by atoms with E-state index >= 15 is 0 Å². The molecule has 0 radical (unpaired) electrons. The van der Waals surface area contributed by atoms with Gasteiger partial charge in [-0.05, 0) is 6.42 Å². The van der Waals surface area contributed by atoms with Crippen molar-refractivity contribution in [3.63, 3.8) is 0 Å². The van der Waals surface area contributed by atoms with Crippen LogP contribution in [0.2, 0.25) is 0 Å². The van der Waals surface area contributed by atoms with E-state index in [1.165, 1.54) is 0 Å². The largest absolute Gasteiger partial charge is 0.446 e. The molecule has 0 aliphatic carbocycles. The zero-order valence-corrected chi connectivity index (χ0v) is 9.94. The lowest BCUT2D eigenvalue weighted by molar-refractivity contribution is -0.136. The number of likely N-dealkylation sites (tertiary alicyclic amines) is 1. The Labute approximate surface area is 99.9 Å². The van der Waals surface area contributed by atoms with Crippen molar-refractivity contribution in [1.82, 2.24) is 4.90 Å². The van der Waals surface area contributed by atoms with E-state index < -0.39 is 17.9 Å². The molecule has 0 aromatic heterocycles. The van der Waals surface area contributed by atoms with E-state index in [0.29, 0.717) is 11.5 Å². The fraction of sp³-hybridized carbons (Fsp3) is 0.727. The number of amides is 3. The number of hydrogen-bond donors (Lipinski definition) is 0. The third-order valence-corrected chi connectivity index (χ3v) is 2.33. The molecule has 6 nitrogen and oxygen atoms in total. The van der Waals surface area contributed by atoms with Gasteiger partial charge in [0.25, 0.3) is 0 Å². The van der Waals surface area contributed by atoms with E-state index in [2.05, 4.69) is 0 Å². The normalized spacial score (nSPS) is 15.5. The number of ether oxygens (including phenoxy) is 2. The predicted octanol–water partition coefficient (Wildman–Crippen LogP) is 1.09. The molecule has 1 aliphatic heterocycles. The molecule has 0 N–H and O–H groups in total. The average Bonchev–Trinajstić information content (AvgIpc) is 2.63. The Morgan fingerprint density at radius 1 is 1.18 bits per heavy atom. The van der Waals surface area contributed by atoms with Crippen LogP contribution in [-0.2, 0) is 19.1 Å². The molecule has 3 amide bonds. The second kappa shape index (κ2) is 7.01. The highest BCUT2D eigenvalue weighted by molar-refractivity contribution is 6.13. The summed E-state index contributed by atoms with van der Waals surface area (Å²) in [5.74, 6) is -0.987. The van der Waals surface area contributed by atoms with Crippen LogP contribution in [0.25, 0.3) is 0 Å². The number of carbonyl (C=O) groups is 3. The van der Waals surface area contributed by atoms with Gasteiger partial charge in [0, 0.05) is 19.4 Å². The summed E-state index contributed by atoms with van der Waals surface area (Å²) in [5.41, 5.74) is 0. The number of imide groups is 3. The van der Waals surface area contributed by atoms with Crippen molar-refractivity contribution >= 4 is 17.9 Å². The number of carbonyl (C=O) groups excluding carboxylic acids is 3. The minimum Gasteiger partial charge on any atom is -0.446 e. The van der Waals surface area contributed by atoms with Gasteiger partial charge in [0.15, 0.2) is 0 Å². The van der Waals surface area contributed by atoms with Crippen LogP contribution in [0.4, 0.5) is 4.79 Å². The maximum atomic E-state index is 11.4. The van der Waals surface area contributed by atoms with Crippen LogP contribution >= 0.6 is 0 Å². The molecule has 17 heavy (non-hydrogen) atoms. The van der Waals surface area contributed by atoms with Crippen molar-refractivity contribution in [2.24, 2.45) is 0 Å². The number of rotatable bonds is 6. The maximum Gasteiger partial charge on any atom is 0.423 e. The van der Waals surface area contributed by atoms with Crippen LogP contribution in [-0.4, -0.2) is 42.6 Å². The Morgan fingerprint density at radius 2 is 1.82 bits per heavy atom. The van der Waals surface area contributed by atoms with Crippen molar-refractivity contribution in [1.29, 1.82) is 0 Å². The quantitative estimate of drug-likeness (QED) is 0.515. The van der Waals surface area contributed by atoms with Crippen LogP contribution in [0.5, 0.6) is 0 Å². The van der Waals surface area contributed by atoms with Gasteiger partial charge in [0.2, 0.25) is 11.8 Å². The zero-order chi connectivity index (χ0) is 12.7. The topological polar surface area (TPSA) is 72.9 Å². The van der Waals surface area contributed by atoms with Crippen LogP contribution in [0.15, 0.2) is 0 Å². The minimum atomic E-state index is -0.892. The molecule has 0 aromatic rings. The van der Waals surface area contributed by atoms with Crippen molar-refractivity contribution in [2.75, 3.05) is 19.8 Å². The highest BCUT2D eigenvalue weighted by Crippen LogP contribution is 2.12. The SMILES string of the molecule is CCCCOCCOC(=O)N1C(=O)CCC1=O. The lowest BCUT2D eigenvalue weighted by Gasteiger charge is -2.12. The van der Waals surface area contributed by atoms with Crippen molar-refractivity contribution in [2.45, 2.75) is 32.6 Å². The Hall–Kier alpha value is -1.43. The fourth-order valence-corrected chi connectivity index (χ4v) is 1.38. The van der Waals surface area contributed by atoms with Gasteiger partial charge in [-0.3, -0.25) is 9.59 Å². The molecule has 0 saturated carbocycles. The summed E-state index contributed by atoms with van der Waals surface area (Å²) in [6.07, 6.45) is 1.27. The number of nitrogens with zero attached hydrogens (tertiary/aromatic N) is 1. The van der Waals surface area contributed by atoms with Gasteiger partial charge in [-0.25, -0.2) is 4.79 Å². The lowest BCUT2D eigenvalue weighted by atomic mass is 10.4. The van der Waals surface area contributed by atoms with Gasteiger partial charge in [0.1, 0.15) is 6.61 Å². The molecule has 0 bridgehead atoms. The summed E-state index contributed by atoms with van der Waals surface area (Å²) in [5, 5.41) is 0. The third-order valence-electron chi connectivity index (χ3n) is 2.33. The van der Waals surface area contributed by atoms with Crippen LogP contribution in [0, 0.1) is 0 Å². The molecule has 0 unspecified atom stereocenters. The van der Waals surface area contributed by atoms with E-state index in [-0.39, 0.29) is 26.1 Å². The van der Waals surface area contributed by atoms with Gasteiger partial charge >= 0.3 is 6.09 Å². The molecule has 0 atom stereocenters. The molecule has 1 rings (SSSR count). The van der Waals surface area contributed by atoms with Crippen LogP contribution in [0.1, 0.15) is 32.6 Å². The number of unbranched alkanes of at least 4 members (excludes halogenated alkanes) is 1. The summed E-state index contributed by atoms with van der Waals surface area (Å²) in [4.78, 5) is 34.3. The smallest absolute Gasteiger partial charge is 0.423 e. The van der Waals surface area contributed by atoms with E-state index in [0.717, 1.165) is 12.8 Å². The van der Waals surface area contributed by atoms with Crippen LogP contribution in [0.3, 0.4) is 0 Å². The Kier molecular flexibility index (Phi) is 5.62. The fourth-order valence-electron chi connectivity index (χ4n) is 1.38. The van der Waals surface area contributed by atoms with Crippen LogP contribution < -0.4 is 0 Å². The molecule has 1 heterocycles. The van der Waals surface area contributed by atoms with Gasteiger partial charge in [0.05, 0.1) is 6.61 Å². The van der Waals surface area contributed by atoms with E-state index in [4.69, 9.17) is 9.47 Å². The molecule has 6 heteroatoms. The molecule has 1 fully saturated rings. The summed E-state index contributed by atoms with van der Waals surface area (Å²) in [7, 11) is 0. The minimum absolute atomic E-state index is 0.0552. The van der Waals surface area contributed by atoms with Crippen molar-refractivity contribution in [3.05, 3.63) is 0 Å². The second-order valence-electron chi connectivity index (χ2n) is 3.70. The number of hydrogen-bond acceptors (Lipinski definition) is 5. The van der Waals surface area contributed by atoms with Gasteiger partial charge in [-0.15, -0.1) is 0 Å². The van der Waals surface area contributed by atoms with Gasteiger partial charge < -0.3 is 9.47 Å². The van der Waals surface area contributed by atoms with Crippen molar-refractivity contribution < 1.29 is 23.9 Å². The third kappa shape index (κ3) is 4.14. The molecular formula is C11H17NO5. The zero-order valence-electron chi connectivity index (χ0n) is 9.94. The molecule has 1 saturated heterocycles. The molecule has 0 spiro atoms. The van der Waals surface area contributed by atoms with E-state index in [9.17, 15) is 14.4 Å². The highest BCUT2D eigenvalue weighted by Gasteiger charge is 2.35. The molecular weight excluding hydrogens is 226 g/mol. The standard InChI is InChI=1S/C11H17NO5/c1-2-3-6-16-7-8-17-11(15)12-9(13)4-5-10(12)14/h2-8H2,1H3. The average molecular weight is 243 g/mol. The monoisotopic (exact) mass is 243 g/mol.